The first-order chi connectivity index (χ1) is 8.29. The molecule has 3 atom stereocenters. The SMILES string of the molecule is C=CCSCC(=O)NCCC1CC2CCC1C2. The van der Waals surface area contributed by atoms with Crippen molar-refractivity contribution in [2.45, 2.75) is 32.1 Å². The topological polar surface area (TPSA) is 29.1 Å². The molecule has 0 aromatic rings. The van der Waals surface area contributed by atoms with Gasteiger partial charge in [-0.1, -0.05) is 12.5 Å². The molecule has 2 aliphatic rings. The molecule has 2 nitrogen and oxygen atoms in total. The molecule has 2 rings (SSSR count). The van der Waals surface area contributed by atoms with E-state index in [0.29, 0.717) is 5.75 Å². The van der Waals surface area contributed by atoms with Gasteiger partial charge in [0.1, 0.15) is 0 Å². The van der Waals surface area contributed by atoms with Crippen molar-refractivity contribution in [3.05, 3.63) is 12.7 Å². The molecule has 3 heteroatoms. The normalized spacial score (nSPS) is 30.5. The number of thioether (sulfide) groups is 1. The maximum atomic E-state index is 11.5. The average molecular weight is 253 g/mol. The third-order valence-corrected chi connectivity index (χ3v) is 5.13. The second-order valence-electron chi connectivity index (χ2n) is 5.38. The molecule has 0 aliphatic heterocycles. The minimum Gasteiger partial charge on any atom is -0.355 e. The van der Waals surface area contributed by atoms with Gasteiger partial charge in [-0.2, -0.15) is 0 Å². The zero-order valence-corrected chi connectivity index (χ0v) is 11.3. The number of amides is 1. The van der Waals surface area contributed by atoms with Gasteiger partial charge >= 0.3 is 0 Å². The highest BCUT2D eigenvalue weighted by Gasteiger charge is 2.38. The summed E-state index contributed by atoms with van der Waals surface area (Å²) in [6.45, 7) is 4.52. The maximum Gasteiger partial charge on any atom is 0.230 e. The molecule has 0 heterocycles. The Balaban J connectivity index is 1.54. The van der Waals surface area contributed by atoms with Crippen LogP contribution in [0.5, 0.6) is 0 Å². The Labute approximate surface area is 109 Å². The molecule has 1 amide bonds. The molecule has 0 aromatic heterocycles. The molecule has 2 aliphatic carbocycles. The van der Waals surface area contributed by atoms with E-state index in [-0.39, 0.29) is 5.91 Å². The van der Waals surface area contributed by atoms with Crippen LogP contribution in [0.25, 0.3) is 0 Å². The summed E-state index contributed by atoms with van der Waals surface area (Å²) < 4.78 is 0. The Morgan fingerprint density at radius 2 is 2.29 bits per heavy atom. The molecule has 0 spiro atoms. The number of rotatable bonds is 7. The van der Waals surface area contributed by atoms with Crippen LogP contribution in [0.1, 0.15) is 32.1 Å². The maximum absolute atomic E-state index is 11.5. The van der Waals surface area contributed by atoms with Crippen LogP contribution in [-0.4, -0.2) is 24.0 Å². The van der Waals surface area contributed by atoms with Gasteiger partial charge in [-0.3, -0.25) is 4.79 Å². The van der Waals surface area contributed by atoms with E-state index in [1.165, 1.54) is 32.1 Å². The van der Waals surface area contributed by atoms with E-state index >= 15 is 0 Å². The van der Waals surface area contributed by atoms with Crippen molar-refractivity contribution in [3.63, 3.8) is 0 Å². The summed E-state index contributed by atoms with van der Waals surface area (Å²) in [6.07, 6.45) is 8.83. The predicted octanol–water partition coefficient (Wildman–Crippen LogP) is 2.85. The molecule has 3 unspecified atom stereocenters. The van der Waals surface area contributed by atoms with E-state index < -0.39 is 0 Å². The van der Waals surface area contributed by atoms with Gasteiger partial charge in [-0.05, 0) is 43.4 Å². The van der Waals surface area contributed by atoms with Gasteiger partial charge in [0.25, 0.3) is 0 Å². The molecule has 17 heavy (non-hydrogen) atoms. The fourth-order valence-electron chi connectivity index (χ4n) is 3.41. The molecule has 96 valence electrons. The fourth-order valence-corrected chi connectivity index (χ4v) is 3.98. The molecule has 2 fully saturated rings. The van der Waals surface area contributed by atoms with Crippen molar-refractivity contribution in [3.8, 4) is 0 Å². The largest absolute Gasteiger partial charge is 0.355 e. The Bertz CT molecular complexity index is 279. The molecule has 0 aromatic carbocycles. The molecular weight excluding hydrogens is 230 g/mol. The lowest BCUT2D eigenvalue weighted by Crippen LogP contribution is -2.28. The molecule has 0 saturated heterocycles. The second-order valence-corrected chi connectivity index (χ2v) is 6.41. The van der Waals surface area contributed by atoms with Gasteiger partial charge in [-0.25, -0.2) is 0 Å². The molecule has 2 bridgehead atoms. The fraction of sp³-hybridized carbons (Fsp3) is 0.786. The smallest absolute Gasteiger partial charge is 0.230 e. The van der Waals surface area contributed by atoms with Crippen LogP contribution in [0, 0.1) is 17.8 Å². The molecule has 0 radical (unpaired) electrons. The Morgan fingerprint density at radius 1 is 1.41 bits per heavy atom. The number of nitrogens with one attached hydrogen (secondary N) is 1. The van der Waals surface area contributed by atoms with Crippen molar-refractivity contribution in [2.24, 2.45) is 17.8 Å². The van der Waals surface area contributed by atoms with Gasteiger partial charge in [-0.15, -0.1) is 18.3 Å². The lowest BCUT2D eigenvalue weighted by Gasteiger charge is -2.21. The molecule has 1 N–H and O–H groups in total. The number of hydrogen-bond donors (Lipinski definition) is 1. The summed E-state index contributed by atoms with van der Waals surface area (Å²) in [7, 11) is 0. The predicted molar refractivity (Wildman–Crippen MR) is 74.1 cm³/mol. The summed E-state index contributed by atoms with van der Waals surface area (Å²) in [5, 5.41) is 3.03. The van der Waals surface area contributed by atoms with Crippen LogP contribution >= 0.6 is 11.8 Å². The van der Waals surface area contributed by atoms with Crippen LogP contribution in [0.3, 0.4) is 0 Å². The number of hydrogen-bond acceptors (Lipinski definition) is 2. The monoisotopic (exact) mass is 253 g/mol. The Hall–Kier alpha value is -0.440. The zero-order valence-electron chi connectivity index (χ0n) is 10.5. The first-order valence-electron chi connectivity index (χ1n) is 6.75. The van der Waals surface area contributed by atoms with E-state index in [0.717, 1.165) is 30.1 Å². The summed E-state index contributed by atoms with van der Waals surface area (Å²) in [4.78, 5) is 11.5. The summed E-state index contributed by atoms with van der Waals surface area (Å²) >= 11 is 1.63. The summed E-state index contributed by atoms with van der Waals surface area (Å²) in [5.74, 6) is 4.51. The van der Waals surface area contributed by atoms with Gasteiger partial charge in [0.2, 0.25) is 5.91 Å². The highest BCUT2D eigenvalue weighted by Crippen LogP contribution is 2.49. The van der Waals surface area contributed by atoms with Crippen LogP contribution < -0.4 is 5.32 Å². The number of carbonyl (C=O) groups is 1. The highest BCUT2D eigenvalue weighted by molar-refractivity contribution is 8.00. The van der Waals surface area contributed by atoms with Crippen LogP contribution in [0.2, 0.25) is 0 Å². The van der Waals surface area contributed by atoms with Crippen molar-refractivity contribution in [2.75, 3.05) is 18.1 Å². The van der Waals surface area contributed by atoms with Crippen LogP contribution in [0.15, 0.2) is 12.7 Å². The summed E-state index contributed by atoms with van der Waals surface area (Å²) in [5.41, 5.74) is 0. The van der Waals surface area contributed by atoms with Crippen molar-refractivity contribution >= 4 is 17.7 Å². The highest BCUT2D eigenvalue weighted by atomic mass is 32.2. The third-order valence-electron chi connectivity index (χ3n) is 4.19. The van der Waals surface area contributed by atoms with Gasteiger partial charge in [0.05, 0.1) is 5.75 Å². The second kappa shape index (κ2) is 6.48. The minimum absolute atomic E-state index is 0.181. The molecular formula is C14H23NOS. The first kappa shape index (κ1) is 13.0. The Kier molecular flexibility index (Phi) is 4.96. The van der Waals surface area contributed by atoms with Gasteiger partial charge in [0, 0.05) is 12.3 Å². The van der Waals surface area contributed by atoms with Crippen molar-refractivity contribution in [1.29, 1.82) is 0 Å². The lowest BCUT2D eigenvalue weighted by atomic mass is 9.86. The van der Waals surface area contributed by atoms with Gasteiger partial charge < -0.3 is 5.32 Å². The van der Waals surface area contributed by atoms with Crippen LogP contribution in [-0.2, 0) is 4.79 Å². The van der Waals surface area contributed by atoms with Crippen molar-refractivity contribution < 1.29 is 4.79 Å². The number of carbonyl (C=O) groups excluding carboxylic acids is 1. The Morgan fingerprint density at radius 3 is 2.94 bits per heavy atom. The summed E-state index contributed by atoms with van der Waals surface area (Å²) in [6, 6.07) is 0. The molecule has 2 saturated carbocycles. The zero-order chi connectivity index (χ0) is 12.1. The first-order valence-corrected chi connectivity index (χ1v) is 7.90. The van der Waals surface area contributed by atoms with E-state index in [1.807, 2.05) is 6.08 Å². The van der Waals surface area contributed by atoms with E-state index in [2.05, 4.69) is 11.9 Å². The standard InChI is InChI=1S/C14H23NOS/c1-2-7-17-10-14(16)15-6-5-13-9-11-3-4-12(13)8-11/h2,11-13H,1,3-10H2,(H,15,16). The minimum atomic E-state index is 0.181. The van der Waals surface area contributed by atoms with Crippen molar-refractivity contribution in [1.82, 2.24) is 5.32 Å². The van der Waals surface area contributed by atoms with Gasteiger partial charge in [0.15, 0.2) is 0 Å². The lowest BCUT2D eigenvalue weighted by molar-refractivity contribution is -0.118. The average Bonchev–Trinajstić information content (AvgIpc) is 2.91. The van der Waals surface area contributed by atoms with E-state index in [9.17, 15) is 4.79 Å². The third kappa shape index (κ3) is 3.77. The van der Waals surface area contributed by atoms with E-state index in [1.54, 1.807) is 11.8 Å². The van der Waals surface area contributed by atoms with Crippen LogP contribution in [0.4, 0.5) is 0 Å². The van der Waals surface area contributed by atoms with E-state index in [4.69, 9.17) is 0 Å². The number of fused-ring (bicyclic) bond motifs is 2. The quantitative estimate of drug-likeness (QED) is 0.558.